The lowest BCUT2D eigenvalue weighted by Gasteiger charge is -2.09. The lowest BCUT2D eigenvalue weighted by Crippen LogP contribution is -2.29. The number of nitrogens with zero attached hydrogens (tertiary/aromatic N) is 3. The van der Waals surface area contributed by atoms with E-state index >= 15 is 0 Å². The fourth-order valence-corrected chi connectivity index (χ4v) is 3.69. The maximum absolute atomic E-state index is 12.4. The minimum absolute atomic E-state index is 0.367. The molecule has 2 aromatic heterocycles. The third kappa shape index (κ3) is 3.91. The zero-order chi connectivity index (χ0) is 18.7. The van der Waals surface area contributed by atoms with Crippen molar-refractivity contribution in [3.8, 4) is 0 Å². The van der Waals surface area contributed by atoms with Gasteiger partial charge in [-0.05, 0) is 25.3 Å². The van der Waals surface area contributed by atoms with Gasteiger partial charge in [0.25, 0.3) is 5.56 Å². The molecule has 3 aromatic rings. The van der Waals surface area contributed by atoms with Gasteiger partial charge in [0.2, 0.25) is 0 Å². The van der Waals surface area contributed by atoms with E-state index in [0.717, 1.165) is 12.8 Å². The van der Waals surface area contributed by atoms with Crippen molar-refractivity contribution in [3.63, 3.8) is 0 Å². The van der Waals surface area contributed by atoms with Gasteiger partial charge in [0.15, 0.2) is 16.3 Å². The molecule has 0 aliphatic heterocycles. The number of aliphatic hydroxyl groups is 1. The summed E-state index contributed by atoms with van der Waals surface area (Å²) in [6, 6.07) is 10.1. The van der Waals surface area contributed by atoms with Gasteiger partial charge in [0, 0.05) is 19.3 Å². The van der Waals surface area contributed by atoms with E-state index in [1.165, 1.54) is 21.9 Å². The number of thioether (sulfide) groups is 1. The maximum Gasteiger partial charge on any atom is 0.329 e. The summed E-state index contributed by atoms with van der Waals surface area (Å²) < 4.78 is 3.19. The Hall–Kier alpha value is -2.32. The van der Waals surface area contributed by atoms with E-state index in [0.29, 0.717) is 28.6 Å². The molecule has 0 fully saturated rings. The van der Waals surface area contributed by atoms with E-state index < -0.39 is 17.4 Å². The number of aromatic nitrogens is 4. The first-order chi connectivity index (χ1) is 12.5. The first-order valence-corrected chi connectivity index (χ1v) is 9.50. The van der Waals surface area contributed by atoms with Gasteiger partial charge in [-0.2, -0.15) is 0 Å². The van der Waals surface area contributed by atoms with E-state index in [4.69, 9.17) is 0 Å². The minimum atomic E-state index is -0.486. The fraction of sp³-hybridized carbons (Fsp3) is 0.389. The molecule has 8 heteroatoms. The maximum atomic E-state index is 12.4. The summed E-state index contributed by atoms with van der Waals surface area (Å²) >= 11 is 1.38. The monoisotopic (exact) mass is 374 g/mol. The van der Waals surface area contributed by atoms with Gasteiger partial charge in [-0.15, -0.1) is 0 Å². The summed E-state index contributed by atoms with van der Waals surface area (Å²) in [6.45, 7) is 2.31. The normalized spacial score (nSPS) is 12.6. The summed E-state index contributed by atoms with van der Waals surface area (Å²) in [6.07, 6.45) is 1.23. The number of hydrogen-bond acceptors (Lipinski definition) is 5. The van der Waals surface area contributed by atoms with Crippen LogP contribution in [0.25, 0.3) is 11.2 Å². The Kier molecular flexibility index (Phi) is 5.63. The third-order valence-electron chi connectivity index (χ3n) is 4.12. The molecule has 138 valence electrons. The van der Waals surface area contributed by atoms with Crippen LogP contribution in [0.5, 0.6) is 0 Å². The first-order valence-electron chi connectivity index (χ1n) is 8.51. The summed E-state index contributed by atoms with van der Waals surface area (Å²) in [7, 11) is 1.59. The van der Waals surface area contributed by atoms with Crippen molar-refractivity contribution in [1.82, 2.24) is 19.1 Å². The lowest BCUT2D eigenvalue weighted by molar-refractivity contribution is 0.220. The SMILES string of the molecule is C[C@H](O)CSc1nc2c(c(=O)[nH]c(=O)n2C)n1CCCc1ccccc1. The summed E-state index contributed by atoms with van der Waals surface area (Å²) in [5.74, 6) is 0.466. The van der Waals surface area contributed by atoms with Crippen molar-refractivity contribution in [3.05, 3.63) is 56.7 Å². The number of fused-ring (bicyclic) bond motifs is 1. The van der Waals surface area contributed by atoms with Crippen molar-refractivity contribution >= 4 is 22.9 Å². The molecule has 0 unspecified atom stereocenters. The van der Waals surface area contributed by atoms with Crippen molar-refractivity contribution in [1.29, 1.82) is 0 Å². The zero-order valence-electron chi connectivity index (χ0n) is 14.8. The molecule has 0 bridgehead atoms. The van der Waals surface area contributed by atoms with Crippen LogP contribution >= 0.6 is 11.8 Å². The van der Waals surface area contributed by atoms with Crippen LogP contribution in [0.3, 0.4) is 0 Å². The second-order valence-corrected chi connectivity index (χ2v) is 7.27. The number of benzene rings is 1. The Morgan fingerprint density at radius 3 is 2.69 bits per heavy atom. The highest BCUT2D eigenvalue weighted by molar-refractivity contribution is 7.99. The zero-order valence-corrected chi connectivity index (χ0v) is 15.6. The molecular formula is C18H22N4O3S. The molecule has 0 radical (unpaired) electrons. The molecule has 0 aliphatic rings. The molecular weight excluding hydrogens is 352 g/mol. The molecule has 0 amide bonds. The van der Waals surface area contributed by atoms with Crippen molar-refractivity contribution in [2.24, 2.45) is 7.05 Å². The number of rotatable bonds is 7. The molecule has 2 N–H and O–H groups in total. The smallest absolute Gasteiger partial charge is 0.329 e. The van der Waals surface area contributed by atoms with Gasteiger partial charge in [-0.1, -0.05) is 42.1 Å². The van der Waals surface area contributed by atoms with Gasteiger partial charge < -0.3 is 9.67 Å². The van der Waals surface area contributed by atoms with Crippen LogP contribution in [-0.2, 0) is 20.0 Å². The Balaban J connectivity index is 1.94. The number of hydrogen-bond donors (Lipinski definition) is 2. The van der Waals surface area contributed by atoms with Crippen molar-refractivity contribution < 1.29 is 5.11 Å². The lowest BCUT2D eigenvalue weighted by atomic mass is 10.1. The number of aryl methyl sites for hydroxylation is 3. The molecule has 2 heterocycles. The van der Waals surface area contributed by atoms with Gasteiger partial charge in [0.1, 0.15) is 0 Å². The molecule has 0 spiro atoms. The van der Waals surface area contributed by atoms with Gasteiger partial charge >= 0.3 is 5.69 Å². The predicted molar refractivity (Wildman–Crippen MR) is 103 cm³/mol. The number of H-pyrrole nitrogens is 1. The topological polar surface area (TPSA) is 92.9 Å². The van der Waals surface area contributed by atoms with Crippen LogP contribution in [0.1, 0.15) is 18.9 Å². The Morgan fingerprint density at radius 1 is 1.27 bits per heavy atom. The first kappa shape index (κ1) is 18.5. The molecule has 3 rings (SSSR count). The third-order valence-corrected chi connectivity index (χ3v) is 5.33. The Labute approximate surface area is 154 Å². The second-order valence-electron chi connectivity index (χ2n) is 6.29. The fourth-order valence-electron chi connectivity index (χ4n) is 2.81. The van der Waals surface area contributed by atoms with E-state index in [1.807, 2.05) is 22.8 Å². The van der Waals surface area contributed by atoms with E-state index in [-0.39, 0.29) is 0 Å². The highest BCUT2D eigenvalue weighted by Crippen LogP contribution is 2.23. The molecule has 1 aromatic carbocycles. The molecule has 0 aliphatic carbocycles. The van der Waals surface area contributed by atoms with Crippen LogP contribution in [-0.4, -0.2) is 36.1 Å². The molecule has 0 saturated carbocycles. The molecule has 1 atom stereocenters. The average Bonchev–Trinajstić information content (AvgIpc) is 2.98. The minimum Gasteiger partial charge on any atom is -0.393 e. The highest BCUT2D eigenvalue weighted by atomic mass is 32.2. The summed E-state index contributed by atoms with van der Waals surface area (Å²) in [5.41, 5.74) is 1.08. The van der Waals surface area contributed by atoms with E-state index in [2.05, 4.69) is 22.1 Å². The second kappa shape index (κ2) is 7.92. The van der Waals surface area contributed by atoms with Crippen molar-refractivity contribution in [2.75, 3.05) is 5.75 Å². The number of aromatic amines is 1. The quantitative estimate of drug-likeness (QED) is 0.612. The van der Waals surface area contributed by atoms with Crippen LogP contribution in [0.2, 0.25) is 0 Å². The van der Waals surface area contributed by atoms with Gasteiger partial charge in [0.05, 0.1) is 6.10 Å². The van der Waals surface area contributed by atoms with E-state index in [9.17, 15) is 14.7 Å². The summed E-state index contributed by atoms with van der Waals surface area (Å²) in [4.78, 5) is 31.0. The van der Waals surface area contributed by atoms with Gasteiger partial charge in [-0.3, -0.25) is 14.3 Å². The van der Waals surface area contributed by atoms with Crippen LogP contribution in [0.4, 0.5) is 0 Å². The largest absolute Gasteiger partial charge is 0.393 e. The number of imidazole rings is 1. The Morgan fingerprint density at radius 2 is 2.00 bits per heavy atom. The predicted octanol–water partition coefficient (Wildman–Crippen LogP) is 1.53. The average molecular weight is 374 g/mol. The van der Waals surface area contributed by atoms with Crippen LogP contribution in [0, 0.1) is 0 Å². The van der Waals surface area contributed by atoms with Crippen LogP contribution in [0.15, 0.2) is 45.1 Å². The Bertz CT molecular complexity index is 1000. The summed E-state index contributed by atoms with van der Waals surface area (Å²) in [5, 5.41) is 10.2. The van der Waals surface area contributed by atoms with Crippen molar-refractivity contribution in [2.45, 2.75) is 37.6 Å². The highest BCUT2D eigenvalue weighted by Gasteiger charge is 2.17. The van der Waals surface area contributed by atoms with Crippen LogP contribution < -0.4 is 11.2 Å². The molecule has 7 nitrogen and oxygen atoms in total. The van der Waals surface area contributed by atoms with Gasteiger partial charge in [-0.25, -0.2) is 9.78 Å². The van der Waals surface area contributed by atoms with E-state index in [1.54, 1.807) is 14.0 Å². The number of nitrogens with one attached hydrogen (secondary N) is 1. The standard InChI is InChI=1S/C18H22N4O3S/c1-12(23)11-26-18-19-15-14(16(24)20-17(25)21(15)2)22(18)10-6-9-13-7-4-3-5-8-13/h3-5,7-8,12,23H,6,9-11H2,1-2H3,(H,20,24,25)/t12-/m0/s1. The number of aliphatic hydroxyl groups excluding tert-OH is 1. The molecule has 26 heavy (non-hydrogen) atoms. The molecule has 0 saturated heterocycles.